The molecule has 0 saturated carbocycles. The highest BCUT2D eigenvalue weighted by molar-refractivity contribution is 5.91. The van der Waals surface area contributed by atoms with Crippen LogP contribution in [0, 0.1) is 0 Å². The number of esters is 1. The van der Waals surface area contributed by atoms with E-state index in [2.05, 4.69) is 9.80 Å². The minimum Gasteiger partial charge on any atom is -0.493 e. The summed E-state index contributed by atoms with van der Waals surface area (Å²) >= 11 is 0. The number of hydrogen-bond acceptors (Lipinski definition) is 10. The van der Waals surface area contributed by atoms with Crippen LogP contribution in [0.2, 0.25) is 0 Å². The smallest absolute Gasteiger partial charge is 0.338 e. The van der Waals surface area contributed by atoms with Gasteiger partial charge in [0.15, 0.2) is 23.0 Å². The summed E-state index contributed by atoms with van der Waals surface area (Å²) in [4.78, 5) is 17.2. The molecular formula is C26H36N2O8. The number of benzene rings is 2. The molecule has 0 aromatic heterocycles. The van der Waals surface area contributed by atoms with Gasteiger partial charge in [-0.15, -0.1) is 0 Å². The molecule has 1 heterocycles. The fraction of sp³-hybridized carbons (Fsp3) is 0.500. The fourth-order valence-electron chi connectivity index (χ4n) is 4.21. The van der Waals surface area contributed by atoms with Crippen LogP contribution >= 0.6 is 0 Å². The van der Waals surface area contributed by atoms with Crippen molar-refractivity contribution in [1.82, 2.24) is 4.90 Å². The minimum absolute atomic E-state index is 0.322. The molecule has 0 unspecified atom stereocenters. The average molecular weight is 505 g/mol. The third-order valence-corrected chi connectivity index (χ3v) is 6.14. The Morgan fingerprint density at radius 2 is 1.17 bits per heavy atom. The van der Waals surface area contributed by atoms with E-state index in [1.807, 2.05) is 12.1 Å². The molecule has 0 atom stereocenters. The van der Waals surface area contributed by atoms with Gasteiger partial charge in [-0.25, -0.2) is 4.79 Å². The molecule has 0 radical (unpaired) electrons. The molecule has 0 aliphatic carbocycles. The summed E-state index contributed by atoms with van der Waals surface area (Å²) in [5.74, 6) is 2.70. The van der Waals surface area contributed by atoms with Crippen molar-refractivity contribution in [3.05, 3.63) is 29.8 Å². The lowest BCUT2D eigenvalue weighted by atomic mass is 10.2. The Labute approximate surface area is 212 Å². The first kappa shape index (κ1) is 27.1. The normalized spacial score (nSPS) is 13.7. The molecule has 10 nitrogen and oxygen atoms in total. The summed E-state index contributed by atoms with van der Waals surface area (Å²) in [5, 5.41) is 0. The van der Waals surface area contributed by atoms with Gasteiger partial charge in [0.2, 0.25) is 11.5 Å². The fourth-order valence-corrected chi connectivity index (χ4v) is 4.21. The van der Waals surface area contributed by atoms with E-state index in [1.54, 1.807) is 33.5 Å². The van der Waals surface area contributed by atoms with Gasteiger partial charge in [-0.2, -0.15) is 0 Å². The lowest BCUT2D eigenvalue weighted by molar-refractivity contribution is 0.0486. The zero-order chi connectivity index (χ0) is 26.1. The zero-order valence-electron chi connectivity index (χ0n) is 21.9. The van der Waals surface area contributed by atoms with Crippen molar-refractivity contribution in [3.8, 4) is 34.5 Å². The molecule has 0 N–H and O–H groups in total. The number of carbonyl (C=O) groups is 1. The highest BCUT2D eigenvalue weighted by Gasteiger charge is 2.21. The summed E-state index contributed by atoms with van der Waals surface area (Å²) in [6, 6.07) is 7.12. The Kier molecular flexibility index (Phi) is 9.75. The molecule has 1 saturated heterocycles. The quantitative estimate of drug-likeness (QED) is 0.317. The number of rotatable bonds is 12. The van der Waals surface area contributed by atoms with Gasteiger partial charge in [0.25, 0.3) is 0 Å². The molecular weight excluding hydrogens is 468 g/mol. The Hall–Kier alpha value is -3.53. The van der Waals surface area contributed by atoms with Crippen LogP contribution < -0.4 is 33.3 Å². The lowest BCUT2D eigenvalue weighted by Crippen LogP contribution is -2.46. The molecule has 0 spiro atoms. The van der Waals surface area contributed by atoms with E-state index < -0.39 is 5.97 Å². The number of nitrogens with zero attached hydrogens (tertiary/aromatic N) is 2. The van der Waals surface area contributed by atoms with Crippen LogP contribution in [-0.2, 0) is 4.74 Å². The number of ether oxygens (including phenoxy) is 7. The van der Waals surface area contributed by atoms with Gasteiger partial charge in [0.1, 0.15) is 0 Å². The van der Waals surface area contributed by atoms with Crippen LogP contribution in [-0.4, -0.2) is 92.9 Å². The molecule has 10 heteroatoms. The summed E-state index contributed by atoms with van der Waals surface area (Å²) in [6.07, 6.45) is 0.736. The van der Waals surface area contributed by atoms with Crippen molar-refractivity contribution >= 4 is 11.7 Å². The standard InChI is InChI=1S/C26H36N2O8/c1-30-20-14-18(15-21(31-2)24(20)34-5)26(29)36-13-7-8-27-9-11-28(12-10-27)19-16-22(32-3)25(35-6)23(17-19)33-4/h14-17H,7-13H2,1-6H3. The largest absolute Gasteiger partial charge is 0.493 e. The van der Waals surface area contributed by atoms with Crippen molar-refractivity contribution < 1.29 is 38.0 Å². The summed E-state index contributed by atoms with van der Waals surface area (Å²) in [5.41, 5.74) is 1.38. The van der Waals surface area contributed by atoms with Gasteiger partial charge in [0, 0.05) is 50.5 Å². The maximum atomic E-state index is 12.6. The first-order valence-electron chi connectivity index (χ1n) is 11.7. The SMILES string of the molecule is COc1cc(C(=O)OCCCN2CCN(c3cc(OC)c(OC)c(OC)c3)CC2)cc(OC)c1OC. The van der Waals surface area contributed by atoms with E-state index in [4.69, 9.17) is 33.2 Å². The second kappa shape index (κ2) is 13.0. The van der Waals surface area contributed by atoms with Gasteiger partial charge in [-0.1, -0.05) is 0 Å². The molecule has 2 aromatic rings. The van der Waals surface area contributed by atoms with Crippen molar-refractivity contribution in [2.75, 3.05) is 86.9 Å². The molecule has 36 heavy (non-hydrogen) atoms. The van der Waals surface area contributed by atoms with E-state index in [0.717, 1.165) is 44.8 Å². The van der Waals surface area contributed by atoms with Gasteiger partial charge < -0.3 is 38.1 Å². The van der Waals surface area contributed by atoms with Gasteiger partial charge in [-0.3, -0.25) is 4.90 Å². The van der Waals surface area contributed by atoms with Crippen molar-refractivity contribution in [3.63, 3.8) is 0 Å². The first-order chi connectivity index (χ1) is 17.5. The third-order valence-electron chi connectivity index (χ3n) is 6.14. The Balaban J connectivity index is 1.48. The van der Waals surface area contributed by atoms with E-state index in [9.17, 15) is 4.79 Å². The molecule has 3 rings (SSSR count). The molecule has 1 fully saturated rings. The third kappa shape index (κ3) is 6.17. The van der Waals surface area contributed by atoms with E-state index >= 15 is 0 Å². The number of piperazine rings is 1. The highest BCUT2D eigenvalue weighted by Crippen LogP contribution is 2.41. The molecule has 1 aliphatic heterocycles. The van der Waals surface area contributed by atoms with Gasteiger partial charge in [-0.05, 0) is 18.6 Å². The van der Waals surface area contributed by atoms with Crippen LogP contribution in [0.4, 0.5) is 5.69 Å². The summed E-state index contributed by atoms with van der Waals surface area (Å²) in [7, 11) is 9.37. The van der Waals surface area contributed by atoms with E-state index in [1.165, 1.54) is 21.3 Å². The minimum atomic E-state index is -0.429. The Bertz CT molecular complexity index is 971. The van der Waals surface area contributed by atoms with Crippen LogP contribution in [0.25, 0.3) is 0 Å². The Morgan fingerprint density at radius 1 is 0.694 bits per heavy atom. The summed E-state index contributed by atoms with van der Waals surface area (Å²) in [6.45, 7) is 4.69. The van der Waals surface area contributed by atoms with Crippen LogP contribution in [0.3, 0.4) is 0 Å². The average Bonchev–Trinajstić information content (AvgIpc) is 2.93. The van der Waals surface area contributed by atoms with Gasteiger partial charge in [0.05, 0.1) is 54.8 Å². The number of methoxy groups -OCH3 is 6. The number of anilines is 1. The number of carbonyl (C=O) groups excluding carboxylic acids is 1. The van der Waals surface area contributed by atoms with Crippen LogP contribution in [0.5, 0.6) is 34.5 Å². The maximum Gasteiger partial charge on any atom is 0.338 e. The zero-order valence-corrected chi connectivity index (χ0v) is 21.9. The molecule has 198 valence electrons. The second-order valence-corrected chi connectivity index (χ2v) is 8.12. The number of hydrogen-bond donors (Lipinski definition) is 0. The van der Waals surface area contributed by atoms with Crippen molar-refractivity contribution in [2.45, 2.75) is 6.42 Å². The summed E-state index contributed by atoms with van der Waals surface area (Å²) < 4.78 is 37.8. The second-order valence-electron chi connectivity index (χ2n) is 8.12. The highest BCUT2D eigenvalue weighted by atomic mass is 16.5. The first-order valence-corrected chi connectivity index (χ1v) is 11.7. The molecule has 0 amide bonds. The molecule has 1 aliphatic rings. The topological polar surface area (TPSA) is 88.2 Å². The van der Waals surface area contributed by atoms with E-state index in [0.29, 0.717) is 46.7 Å². The van der Waals surface area contributed by atoms with Gasteiger partial charge >= 0.3 is 5.97 Å². The Morgan fingerprint density at radius 3 is 1.61 bits per heavy atom. The monoisotopic (exact) mass is 504 g/mol. The van der Waals surface area contributed by atoms with Crippen LogP contribution in [0.1, 0.15) is 16.8 Å². The van der Waals surface area contributed by atoms with E-state index in [-0.39, 0.29) is 0 Å². The lowest BCUT2D eigenvalue weighted by Gasteiger charge is -2.36. The van der Waals surface area contributed by atoms with Crippen LogP contribution in [0.15, 0.2) is 24.3 Å². The predicted octanol–water partition coefficient (Wildman–Crippen LogP) is 3.11. The predicted molar refractivity (Wildman–Crippen MR) is 136 cm³/mol. The molecule has 2 aromatic carbocycles. The molecule has 0 bridgehead atoms. The van der Waals surface area contributed by atoms with Crippen molar-refractivity contribution in [2.24, 2.45) is 0 Å². The maximum absolute atomic E-state index is 12.6. The van der Waals surface area contributed by atoms with Crippen molar-refractivity contribution in [1.29, 1.82) is 0 Å².